The summed E-state index contributed by atoms with van der Waals surface area (Å²) in [5.41, 5.74) is 8.84. The fraction of sp³-hybridized carbons (Fsp3) is 0.286. The highest BCUT2D eigenvalue weighted by atomic mass is 16.6. The van der Waals surface area contributed by atoms with Crippen LogP contribution in [0, 0.1) is 24.0 Å². The minimum atomic E-state index is -0.583. The topological polar surface area (TPSA) is 91.5 Å². The van der Waals surface area contributed by atoms with Crippen molar-refractivity contribution in [1.82, 2.24) is 0 Å². The molecule has 2 aromatic rings. The van der Waals surface area contributed by atoms with Gasteiger partial charge in [0.25, 0.3) is 0 Å². The first-order valence-corrected chi connectivity index (χ1v) is 6.09. The van der Waals surface area contributed by atoms with Crippen molar-refractivity contribution >= 4 is 5.88 Å². The number of hydrogen-bond donors (Lipinski definition) is 1. The van der Waals surface area contributed by atoms with Gasteiger partial charge in [-0.25, -0.2) is 0 Å². The molecule has 20 heavy (non-hydrogen) atoms. The summed E-state index contributed by atoms with van der Waals surface area (Å²) in [5.74, 6) is 0.865. The third-order valence-corrected chi connectivity index (χ3v) is 3.14. The summed E-state index contributed by atoms with van der Waals surface area (Å²) in [6, 6.07) is 6.07. The van der Waals surface area contributed by atoms with Crippen molar-refractivity contribution in [2.24, 2.45) is 5.73 Å². The maximum Gasteiger partial charge on any atom is 0.433 e. The number of nitrogens with zero attached hydrogens (tertiary/aromatic N) is 1. The summed E-state index contributed by atoms with van der Waals surface area (Å²) in [5, 5.41) is 10.6. The van der Waals surface area contributed by atoms with Crippen LogP contribution >= 0.6 is 0 Å². The molecule has 0 saturated carbocycles. The molecule has 0 aliphatic heterocycles. The summed E-state index contributed by atoms with van der Waals surface area (Å²) in [7, 11) is 1.62. The first-order valence-electron chi connectivity index (χ1n) is 6.09. The predicted molar refractivity (Wildman–Crippen MR) is 73.9 cm³/mol. The lowest BCUT2D eigenvalue weighted by Gasteiger charge is -2.14. The Hall–Kier alpha value is -2.34. The Morgan fingerprint density at radius 1 is 1.30 bits per heavy atom. The molecule has 0 fully saturated rings. The van der Waals surface area contributed by atoms with E-state index in [0.717, 1.165) is 22.4 Å². The first kappa shape index (κ1) is 14.1. The zero-order valence-corrected chi connectivity index (χ0v) is 11.5. The number of nitrogens with two attached hydrogens (primary N) is 1. The molecule has 0 radical (unpaired) electrons. The van der Waals surface area contributed by atoms with E-state index >= 15 is 0 Å². The lowest BCUT2D eigenvalue weighted by molar-refractivity contribution is -0.402. The second-order valence-electron chi connectivity index (χ2n) is 4.60. The Balaban J connectivity index is 2.37. The van der Waals surface area contributed by atoms with Gasteiger partial charge in [0.1, 0.15) is 16.4 Å². The maximum atomic E-state index is 10.6. The number of nitro groups is 1. The standard InChI is InChI=1S/C14H16N2O4/c1-8-6-10(7-9(2)14(8)19-3)13(15)11-4-5-12(20-11)16(17)18/h4-7,13H,15H2,1-3H3. The smallest absolute Gasteiger partial charge is 0.433 e. The summed E-state index contributed by atoms with van der Waals surface area (Å²) >= 11 is 0. The van der Waals surface area contributed by atoms with Crippen LogP contribution in [0.5, 0.6) is 5.75 Å². The molecule has 2 rings (SSSR count). The number of aryl methyl sites for hydroxylation is 2. The van der Waals surface area contributed by atoms with Gasteiger partial charge in [-0.15, -0.1) is 0 Å². The van der Waals surface area contributed by atoms with E-state index in [1.165, 1.54) is 12.1 Å². The van der Waals surface area contributed by atoms with Crippen LogP contribution < -0.4 is 10.5 Å². The van der Waals surface area contributed by atoms with Gasteiger partial charge in [0.15, 0.2) is 0 Å². The summed E-state index contributed by atoms with van der Waals surface area (Å²) < 4.78 is 10.4. The van der Waals surface area contributed by atoms with Crippen molar-refractivity contribution in [2.75, 3.05) is 7.11 Å². The molecule has 106 valence electrons. The quantitative estimate of drug-likeness (QED) is 0.684. The Bertz CT molecular complexity index is 625. The van der Waals surface area contributed by atoms with Gasteiger partial charge in [-0.2, -0.15) is 0 Å². The molecule has 1 heterocycles. The maximum absolute atomic E-state index is 10.6. The number of benzene rings is 1. The molecule has 1 aromatic carbocycles. The monoisotopic (exact) mass is 276 g/mol. The van der Waals surface area contributed by atoms with Crippen molar-refractivity contribution in [1.29, 1.82) is 0 Å². The van der Waals surface area contributed by atoms with Crippen molar-refractivity contribution in [3.8, 4) is 5.75 Å². The molecule has 2 N–H and O–H groups in total. The van der Waals surface area contributed by atoms with E-state index in [-0.39, 0.29) is 5.88 Å². The van der Waals surface area contributed by atoms with Crippen molar-refractivity contribution in [2.45, 2.75) is 19.9 Å². The van der Waals surface area contributed by atoms with Crippen LogP contribution in [0.25, 0.3) is 0 Å². The highest BCUT2D eigenvalue weighted by Crippen LogP contribution is 2.30. The number of hydrogen-bond acceptors (Lipinski definition) is 5. The molecular formula is C14H16N2O4. The fourth-order valence-electron chi connectivity index (χ4n) is 2.26. The predicted octanol–water partition coefficient (Wildman–Crippen LogP) is 2.86. The Morgan fingerprint density at radius 3 is 2.35 bits per heavy atom. The second kappa shape index (κ2) is 5.34. The van der Waals surface area contributed by atoms with Crippen LogP contribution in [0.1, 0.15) is 28.5 Å². The number of methoxy groups -OCH3 is 1. The molecule has 0 spiro atoms. The van der Waals surface area contributed by atoms with Gasteiger partial charge < -0.3 is 14.9 Å². The third-order valence-electron chi connectivity index (χ3n) is 3.14. The molecule has 1 atom stereocenters. The molecule has 1 aromatic heterocycles. The van der Waals surface area contributed by atoms with Gasteiger partial charge in [-0.3, -0.25) is 10.1 Å². The van der Waals surface area contributed by atoms with Crippen LogP contribution in [0.3, 0.4) is 0 Å². The SMILES string of the molecule is COc1c(C)cc(C(N)c2ccc([N+](=O)[O-])o2)cc1C. The van der Waals surface area contributed by atoms with Gasteiger partial charge in [0, 0.05) is 0 Å². The van der Waals surface area contributed by atoms with Gasteiger partial charge in [-0.1, -0.05) is 12.1 Å². The van der Waals surface area contributed by atoms with E-state index in [1.54, 1.807) is 7.11 Å². The molecule has 0 saturated heterocycles. The largest absolute Gasteiger partial charge is 0.496 e. The lowest BCUT2D eigenvalue weighted by atomic mass is 9.99. The minimum absolute atomic E-state index is 0.308. The molecular weight excluding hydrogens is 260 g/mol. The van der Waals surface area contributed by atoms with Crippen LogP contribution in [-0.2, 0) is 0 Å². The average molecular weight is 276 g/mol. The average Bonchev–Trinajstić information content (AvgIpc) is 2.87. The molecule has 0 aliphatic carbocycles. The zero-order valence-electron chi connectivity index (χ0n) is 11.5. The van der Waals surface area contributed by atoms with Crippen LogP contribution in [0.4, 0.5) is 5.88 Å². The third kappa shape index (κ3) is 2.50. The number of rotatable bonds is 4. The zero-order chi connectivity index (χ0) is 14.9. The summed E-state index contributed by atoms with van der Waals surface area (Å²) in [6.45, 7) is 3.85. The van der Waals surface area contributed by atoms with E-state index in [2.05, 4.69) is 0 Å². The molecule has 1 unspecified atom stereocenters. The molecule has 0 amide bonds. The van der Waals surface area contributed by atoms with Gasteiger partial charge >= 0.3 is 5.88 Å². The van der Waals surface area contributed by atoms with Gasteiger partial charge in [0.2, 0.25) is 0 Å². The van der Waals surface area contributed by atoms with E-state index in [0.29, 0.717) is 5.76 Å². The first-order chi connectivity index (χ1) is 9.43. The Labute approximate surface area is 116 Å². The molecule has 6 nitrogen and oxygen atoms in total. The lowest BCUT2D eigenvalue weighted by Crippen LogP contribution is -2.11. The van der Waals surface area contributed by atoms with Gasteiger partial charge in [-0.05, 0) is 36.6 Å². The summed E-state index contributed by atoms with van der Waals surface area (Å²) in [4.78, 5) is 10.0. The van der Waals surface area contributed by atoms with Crippen LogP contribution in [0.15, 0.2) is 28.7 Å². The molecule has 0 bridgehead atoms. The van der Waals surface area contributed by atoms with Gasteiger partial charge in [0.05, 0.1) is 19.2 Å². The van der Waals surface area contributed by atoms with Crippen molar-refractivity contribution < 1.29 is 14.1 Å². The summed E-state index contributed by atoms with van der Waals surface area (Å²) in [6.07, 6.45) is 0. The normalized spacial score (nSPS) is 12.2. The second-order valence-corrected chi connectivity index (χ2v) is 4.60. The fourth-order valence-corrected chi connectivity index (χ4v) is 2.26. The van der Waals surface area contributed by atoms with E-state index in [4.69, 9.17) is 14.9 Å². The van der Waals surface area contributed by atoms with E-state index < -0.39 is 11.0 Å². The van der Waals surface area contributed by atoms with Crippen molar-refractivity contribution in [3.05, 3.63) is 56.8 Å². The number of furan rings is 1. The molecule has 0 aliphatic rings. The molecule has 6 heteroatoms. The van der Waals surface area contributed by atoms with Crippen LogP contribution in [0.2, 0.25) is 0 Å². The number of ether oxygens (including phenoxy) is 1. The van der Waals surface area contributed by atoms with Crippen LogP contribution in [-0.4, -0.2) is 12.0 Å². The minimum Gasteiger partial charge on any atom is -0.496 e. The Morgan fingerprint density at radius 2 is 1.90 bits per heavy atom. The van der Waals surface area contributed by atoms with E-state index in [1.807, 2.05) is 26.0 Å². The highest BCUT2D eigenvalue weighted by molar-refractivity contribution is 5.45. The van der Waals surface area contributed by atoms with Crippen molar-refractivity contribution in [3.63, 3.8) is 0 Å². The highest BCUT2D eigenvalue weighted by Gasteiger charge is 2.19. The Kier molecular flexibility index (Phi) is 3.76. The van der Waals surface area contributed by atoms with E-state index in [9.17, 15) is 10.1 Å².